The van der Waals surface area contributed by atoms with Crippen LogP contribution in [-0.2, 0) is 6.54 Å². The number of guanidine groups is 1. The van der Waals surface area contributed by atoms with Crippen molar-refractivity contribution in [2.45, 2.75) is 6.54 Å². The Morgan fingerprint density at radius 3 is 2.12 bits per heavy atom. The summed E-state index contributed by atoms with van der Waals surface area (Å²) < 4.78 is 0. The predicted octanol–water partition coefficient (Wildman–Crippen LogP) is 2.85. The fraction of sp³-hybridized carbons (Fsp3) is 0.350. The minimum atomic E-state index is 0. The molecule has 0 spiro atoms. The van der Waals surface area contributed by atoms with Crippen LogP contribution in [0.3, 0.4) is 0 Å². The number of aliphatic imine (C=N–C) groups is 1. The van der Waals surface area contributed by atoms with Crippen LogP contribution in [0.15, 0.2) is 65.7 Å². The van der Waals surface area contributed by atoms with Gasteiger partial charge in [-0.25, -0.2) is 0 Å². The van der Waals surface area contributed by atoms with Crippen molar-refractivity contribution in [3.63, 3.8) is 0 Å². The summed E-state index contributed by atoms with van der Waals surface area (Å²) in [6.07, 6.45) is 0. The Morgan fingerprint density at radius 1 is 0.885 bits per heavy atom. The molecular formula is C20H28IN5. The van der Waals surface area contributed by atoms with E-state index in [4.69, 9.17) is 5.73 Å². The Labute approximate surface area is 173 Å². The average Bonchev–Trinajstić information content (AvgIpc) is 2.65. The van der Waals surface area contributed by atoms with Gasteiger partial charge in [0.05, 0.1) is 6.54 Å². The Bertz CT molecular complexity index is 654. The number of nitrogens with one attached hydrogen (secondary N) is 1. The van der Waals surface area contributed by atoms with E-state index in [1.807, 2.05) is 30.3 Å². The first-order valence-electron chi connectivity index (χ1n) is 8.90. The molecule has 1 saturated heterocycles. The Hall–Kier alpha value is -1.64. The molecule has 0 aliphatic carbocycles. The minimum absolute atomic E-state index is 0. The zero-order valence-corrected chi connectivity index (χ0v) is 17.4. The van der Waals surface area contributed by atoms with Crippen molar-refractivity contribution in [2.75, 3.05) is 44.6 Å². The van der Waals surface area contributed by atoms with E-state index in [0.717, 1.165) is 51.5 Å². The van der Waals surface area contributed by atoms with Crippen LogP contribution in [0.5, 0.6) is 0 Å². The third kappa shape index (κ3) is 6.93. The number of nitrogens with two attached hydrogens (primary N) is 1. The lowest BCUT2D eigenvalue weighted by Gasteiger charge is -2.34. The number of para-hydroxylation sites is 1. The van der Waals surface area contributed by atoms with Crippen LogP contribution in [0, 0.1) is 0 Å². The molecule has 1 aliphatic heterocycles. The average molecular weight is 465 g/mol. The molecule has 0 unspecified atom stereocenters. The number of rotatable bonds is 6. The molecule has 0 saturated carbocycles. The van der Waals surface area contributed by atoms with Crippen LogP contribution in [0.1, 0.15) is 5.56 Å². The van der Waals surface area contributed by atoms with Gasteiger partial charge in [0.25, 0.3) is 0 Å². The van der Waals surface area contributed by atoms with E-state index < -0.39 is 0 Å². The van der Waals surface area contributed by atoms with Gasteiger partial charge in [0.1, 0.15) is 0 Å². The molecule has 6 heteroatoms. The van der Waals surface area contributed by atoms with Gasteiger partial charge in [0, 0.05) is 45.0 Å². The zero-order valence-electron chi connectivity index (χ0n) is 15.1. The lowest BCUT2D eigenvalue weighted by atomic mass is 10.2. The van der Waals surface area contributed by atoms with Crippen LogP contribution < -0.4 is 11.1 Å². The first kappa shape index (κ1) is 20.7. The predicted molar refractivity (Wildman–Crippen MR) is 120 cm³/mol. The van der Waals surface area contributed by atoms with Crippen LogP contribution in [0.2, 0.25) is 0 Å². The van der Waals surface area contributed by atoms with Gasteiger partial charge in [-0.1, -0.05) is 48.5 Å². The van der Waals surface area contributed by atoms with E-state index in [9.17, 15) is 0 Å². The summed E-state index contributed by atoms with van der Waals surface area (Å²) in [7, 11) is 0. The molecule has 0 aromatic heterocycles. The Kier molecular flexibility index (Phi) is 8.87. The second-order valence-electron chi connectivity index (χ2n) is 6.36. The summed E-state index contributed by atoms with van der Waals surface area (Å²) in [4.78, 5) is 9.40. The first-order valence-corrected chi connectivity index (χ1v) is 8.90. The molecule has 2 aromatic carbocycles. The van der Waals surface area contributed by atoms with Crippen molar-refractivity contribution in [1.29, 1.82) is 0 Å². The first-order chi connectivity index (χ1) is 12.3. The van der Waals surface area contributed by atoms with Gasteiger partial charge < -0.3 is 11.1 Å². The summed E-state index contributed by atoms with van der Waals surface area (Å²) in [5.41, 5.74) is 8.30. The number of piperazine rings is 1. The summed E-state index contributed by atoms with van der Waals surface area (Å²) in [6, 6.07) is 20.6. The zero-order chi connectivity index (χ0) is 17.3. The maximum atomic E-state index is 5.94. The van der Waals surface area contributed by atoms with Gasteiger partial charge in [0.15, 0.2) is 5.96 Å². The van der Waals surface area contributed by atoms with Crippen molar-refractivity contribution in [3.05, 3.63) is 66.2 Å². The van der Waals surface area contributed by atoms with Crippen LogP contribution in [0.4, 0.5) is 5.69 Å². The van der Waals surface area contributed by atoms with Crippen molar-refractivity contribution < 1.29 is 0 Å². The molecule has 26 heavy (non-hydrogen) atoms. The molecule has 3 rings (SSSR count). The number of benzene rings is 2. The highest BCUT2D eigenvalue weighted by Gasteiger charge is 2.16. The van der Waals surface area contributed by atoms with Gasteiger partial charge in [-0.05, 0) is 17.7 Å². The number of halogens is 1. The lowest BCUT2D eigenvalue weighted by Crippen LogP contribution is -2.46. The van der Waals surface area contributed by atoms with Crippen LogP contribution in [0.25, 0.3) is 0 Å². The molecule has 0 radical (unpaired) electrons. The maximum Gasteiger partial charge on any atom is 0.193 e. The standard InChI is InChI=1S/C20H27N5.HI/c21-20(23-19-9-5-2-6-10-19)22-11-12-24-13-15-25(16-14-24)17-18-7-3-1-4-8-18;/h1-10H,11-17H2,(H3,21,22,23);1H. The SMILES string of the molecule is I.NC(=NCCN1CCN(Cc2ccccc2)CC1)Nc1ccccc1. The molecule has 1 fully saturated rings. The molecule has 1 aliphatic rings. The van der Waals surface area contributed by atoms with E-state index in [1.165, 1.54) is 5.56 Å². The fourth-order valence-electron chi connectivity index (χ4n) is 3.03. The molecule has 0 amide bonds. The molecule has 0 bridgehead atoms. The van der Waals surface area contributed by atoms with Gasteiger partial charge in [-0.15, -0.1) is 24.0 Å². The number of hydrogen-bond acceptors (Lipinski definition) is 3. The normalized spacial score (nSPS) is 16.1. The van der Waals surface area contributed by atoms with Crippen molar-refractivity contribution in [3.8, 4) is 0 Å². The second kappa shape index (κ2) is 11.2. The van der Waals surface area contributed by atoms with E-state index >= 15 is 0 Å². The third-order valence-corrected chi connectivity index (χ3v) is 4.46. The molecule has 1 heterocycles. The van der Waals surface area contributed by atoms with Gasteiger partial charge >= 0.3 is 0 Å². The molecule has 0 atom stereocenters. The van der Waals surface area contributed by atoms with Crippen molar-refractivity contribution >= 4 is 35.6 Å². The quantitative estimate of drug-likeness (QED) is 0.392. The highest BCUT2D eigenvalue weighted by Crippen LogP contribution is 2.08. The van der Waals surface area contributed by atoms with E-state index in [0.29, 0.717) is 5.96 Å². The van der Waals surface area contributed by atoms with Gasteiger partial charge in [-0.3, -0.25) is 14.8 Å². The second-order valence-corrected chi connectivity index (χ2v) is 6.36. The van der Waals surface area contributed by atoms with Gasteiger partial charge in [-0.2, -0.15) is 0 Å². The summed E-state index contributed by atoms with van der Waals surface area (Å²) in [5.74, 6) is 0.480. The smallest absolute Gasteiger partial charge is 0.193 e. The maximum absolute atomic E-state index is 5.94. The molecule has 140 valence electrons. The van der Waals surface area contributed by atoms with Crippen molar-refractivity contribution in [2.24, 2.45) is 10.7 Å². The Morgan fingerprint density at radius 2 is 1.46 bits per heavy atom. The fourth-order valence-corrected chi connectivity index (χ4v) is 3.03. The summed E-state index contributed by atoms with van der Waals surface area (Å²) in [5, 5.41) is 3.11. The summed E-state index contributed by atoms with van der Waals surface area (Å²) in [6.45, 7) is 7.12. The lowest BCUT2D eigenvalue weighted by molar-refractivity contribution is 0.130. The minimum Gasteiger partial charge on any atom is -0.370 e. The van der Waals surface area contributed by atoms with Crippen LogP contribution >= 0.6 is 24.0 Å². The van der Waals surface area contributed by atoms with E-state index in [-0.39, 0.29) is 24.0 Å². The number of nitrogens with zero attached hydrogens (tertiary/aromatic N) is 3. The van der Waals surface area contributed by atoms with Crippen LogP contribution in [-0.4, -0.2) is 55.0 Å². The summed E-state index contributed by atoms with van der Waals surface area (Å²) >= 11 is 0. The largest absolute Gasteiger partial charge is 0.370 e. The monoisotopic (exact) mass is 465 g/mol. The molecule has 2 aromatic rings. The highest BCUT2D eigenvalue weighted by atomic mass is 127. The molecular weight excluding hydrogens is 437 g/mol. The third-order valence-electron chi connectivity index (χ3n) is 4.46. The van der Waals surface area contributed by atoms with E-state index in [2.05, 4.69) is 50.4 Å². The molecule has 5 nitrogen and oxygen atoms in total. The topological polar surface area (TPSA) is 56.9 Å². The van der Waals surface area contributed by atoms with Crippen molar-refractivity contribution in [1.82, 2.24) is 9.80 Å². The van der Waals surface area contributed by atoms with Gasteiger partial charge in [0.2, 0.25) is 0 Å². The Balaban J connectivity index is 0.00000243. The highest BCUT2D eigenvalue weighted by molar-refractivity contribution is 14.0. The molecule has 3 N–H and O–H groups in total. The van der Waals surface area contributed by atoms with E-state index in [1.54, 1.807) is 0 Å². The number of anilines is 1. The number of hydrogen-bond donors (Lipinski definition) is 2.